The molecule has 0 aliphatic carbocycles. The van der Waals surface area contributed by atoms with E-state index in [0.717, 1.165) is 32.2 Å². The molecule has 190 valence electrons. The van der Waals surface area contributed by atoms with Crippen LogP contribution in [0.25, 0.3) is 0 Å². The van der Waals surface area contributed by atoms with E-state index in [9.17, 15) is 9.59 Å². The first-order valence-corrected chi connectivity index (χ1v) is 13.3. The van der Waals surface area contributed by atoms with E-state index in [1.54, 1.807) is 0 Å². The van der Waals surface area contributed by atoms with Crippen molar-refractivity contribution < 1.29 is 9.59 Å². The van der Waals surface area contributed by atoms with E-state index in [4.69, 9.17) is 0 Å². The van der Waals surface area contributed by atoms with Crippen molar-refractivity contribution in [2.24, 2.45) is 0 Å². The molecule has 6 nitrogen and oxygen atoms in total. The van der Waals surface area contributed by atoms with E-state index >= 15 is 0 Å². The molecule has 1 heterocycles. The topological polar surface area (TPSA) is 73.5 Å². The summed E-state index contributed by atoms with van der Waals surface area (Å²) in [6.07, 6.45) is 23.5. The van der Waals surface area contributed by atoms with Gasteiger partial charge >= 0.3 is 0 Å². The van der Waals surface area contributed by atoms with Gasteiger partial charge in [0.15, 0.2) is 0 Å². The van der Waals surface area contributed by atoms with Gasteiger partial charge in [-0.3, -0.25) is 9.59 Å². The summed E-state index contributed by atoms with van der Waals surface area (Å²) >= 11 is 0. The van der Waals surface area contributed by atoms with Crippen molar-refractivity contribution in [3.63, 3.8) is 0 Å². The number of nitrogens with one attached hydrogen (secondary N) is 3. The summed E-state index contributed by atoms with van der Waals surface area (Å²) in [7, 11) is 3.97. The van der Waals surface area contributed by atoms with Gasteiger partial charge in [0.1, 0.15) is 0 Å². The van der Waals surface area contributed by atoms with Gasteiger partial charge < -0.3 is 20.9 Å². The van der Waals surface area contributed by atoms with Gasteiger partial charge in [-0.25, -0.2) is 0 Å². The molecule has 0 radical (unpaired) electrons. The third-order valence-corrected chi connectivity index (χ3v) is 6.03. The van der Waals surface area contributed by atoms with Crippen LogP contribution in [0.1, 0.15) is 90.4 Å². The van der Waals surface area contributed by atoms with E-state index in [1.165, 1.54) is 44.9 Å². The molecular formula is C27H50N4O2. The van der Waals surface area contributed by atoms with Crippen molar-refractivity contribution in [2.75, 3.05) is 33.7 Å². The average Bonchev–Trinajstić information content (AvgIpc) is 3.24. The number of hydrogen-bond donors (Lipinski definition) is 3. The van der Waals surface area contributed by atoms with E-state index in [-0.39, 0.29) is 23.9 Å². The molecule has 2 amide bonds. The molecule has 0 unspecified atom stereocenters. The van der Waals surface area contributed by atoms with Crippen molar-refractivity contribution in [2.45, 2.75) is 102 Å². The number of carbonyl (C=O) groups excluding carboxylic acids is 2. The highest BCUT2D eigenvalue weighted by atomic mass is 16.2. The summed E-state index contributed by atoms with van der Waals surface area (Å²) in [5.41, 5.74) is 0. The number of unbranched alkanes of at least 4 members (excludes halogenated alkanes) is 8. The van der Waals surface area contributed by atoms with Crippen LogP contribution in [-0.2, 0) is 9.59 Å². The maximum atomic E-state index is 12.2. The molecular weight excluding hydrogens is 412 g/mol. The zero-order valence-corrected chi connectivity index (χ0v) is 21.5. The SMILES string of the molecule is CCCCCC=CCC=CCCCCCCCC(=O)N[C@@H]1CN[C@H](C(=O)NCCN(C)C)C1. The largest absolute Gasteiger partial charge is 0.353 e. The van der Waals surface area contributed by atoms with Crippen LogP contribution in [0.2, 0.25) is 0 Å². The molecule has 1 rings (SSSR count). The summed E-state index contributed by atoms with van der Waals surface area (Å²) in [6, 6.07) is -0.145. The van der Waals surface area contributed by atoms with E-state index in [0.29, 0.717) is 25.9 Å². The Balaban J connectivity index is 1.95. The number of amides is 2. The lowest BCUT2D eigenvalue weighted by atomic mass is 10.1. The van der Waals surface area contributed by atoms with Crippen molar-refractivity contribution in [1.82, 2.24) is 20.9 Å². The van der Waals surface area contributed by atoms with E-state index in [1.807, 2.05) is 19.0 Å². The first kappa shape index (κ1) is 29.4. The second kappa shape index (κ2) is 19.8. The maximum Gasteiger partial charge on any atom is 0.237 e. The monoisotopic (exact) mass is 462 g/mol. The van der Waals surface area contributed by atoms with Crippen LogP contribution in [0.3, 0.4) is 0 Å². The van der Waals surface area contributed by atoms with Crippen LogP contribution in [0.4, 0.5) is 0 Å². The first-order valence-electron chi connectivity index (χ1n) is 13.3. The normalized spacial score (nSPS) is 18.5. The van der Waals surface area contributed by atoms with Crippen LogP contribution in [0.15, 0.2) is 24.3 Å². The number of hydrogen-bond acceptors (Lipinski definition) is 4. The standard InChI is InChI=1S/C27H50N4O2/c1-4-5-6-7-8-9-10-11-12-13-14-15-16-17-18-19-26(32)30-24-22-25(29-23-24)27(33)28-20-21-31(2)3/h8-9,11-12,24-25,29H,4-7,10,13-23H2,1-3H3,(H,28,33)(H,30,32)/t24-,25-/m0/s1. The fraction of sp³-hybridized carbons (Fsp3) is 0.778. The Morgan fingerprint density at radius 2 is 1.61 bits per heavy atom. The molecule has 2 atom stereocenters. The minimum absolute atomic E-state index is 0.0299. The lowest BCUT2D eigenvalue weighted by molar-refractivity contribution is -0.124. The molecule has 0 spiro atoms. The minimum Gasteiger partial charge on any atom is -0.353 e. The molecule has 6 heteroatoms. The Hall–Kier alpha value is -1.66. The Kier molecular flexibility index (Phi) is 17.6. The second-order valence-electron chi connectivity index (χ2n) is 9.54. The highest BCUT2D eigenvalue weighted by molar-refractivity contribution is 5.82. The number of rotatable bonds is 19. The molecule has 0 aromatic rings. The van der Waals surface area contributed by atoms with Crippen molar-refractivity contribution >= 4 is 11.8 Å². The molecule has 1 saturated heterocycles. The summed E-state index contributed by atoms with van der Waals surface area (Å²) < 4.78 is 0. The van der Waals surface area contributed by atoms with Crippen LogP contribution in [-0.4, -0.2) is 62.5 Å². The molecule has 0 saturated carbocycles. The number of carbonyl (C=O) groups is 2. The summed E-state index contributed by atoms with van der Waals surface area (Å²) in [5, 5.41) is 9.26. The van der Waals surface area contributed by atoms with Gasteiger partial charge in [0.25, 0.3) is 0 Å². The lowest BCUT2D eigenvalue weighted by Crippen LogP contribution is -2.42. The number of nitrogens with zero attached hydrogens (tertiary/aromatic N) is 1. The zero-order valence-electron chi connectivity index (χ0n) is 21.5. The number of likely N-dealkylation sites (N-methyl/N-ethyl adjacent to an activating group) is 1. The summed E-state index contributed by atoms with van der Waals surface area (Å²) in [6.45, 7) is 4.38. The predicted molar refractivity (Wildman–Crippen MR) is 139 cm³/mol. The molecule has 0 aromatic carbocycles. The Bertz CT molecular complexity index is 574. The van der Waals surface area contributed by atoms with Crippen LogP contribution < -0.4 is 16.0 Å². The molecule has 1 aliphatic rings. The van der Waals surface area contributed by atoms with Crippen LogP contribution in [0, 0.1) is 0 Å². The van der Waals surface area contributed by atoms with Gasteiger partial charge in [-0.1, -0.05) is 63.3 Å². The molecule has 1 aliphatic heterocycles. The van der Waals surface area contributed by atoms with Gasteiger partial charge in [-0.05, 0) is 59.0 Å². The van der Waals surface area contributed by atoms with Crippen molar-refractivity contribution in [3.8, 4) is 0 Å². The van der Waals surface area contributed by atoms with E-state index in [2.05, 4.69) is 47.2 Å². The summed E-state index contributed by atoms with van der Waals surface area (Å²) in [4.78, 5) is 26.4. The van der Waals surface area contributed by atoms with Crippen molar-refractivity contribution in [1.29, 1.82) is 0 Å². The lowest BCUT2D eigenvalue weighted by Gasteiger charge is -2.14. The molecule has 1 fully saturated rings. The Morgan fingerprint density at radius 3 is 2.30 bits per heavy atom. The van der Waals surface area contributed by atoms with Gasteiger partial charge in [-0.15, -0.1) is 0 Å². The van der Waals surface area contributed by atoms with Crippen LogP contribution >= 0.6 is 0 Å². The van der Waals surface area contributed by atoms with Gasteiger partial charge in [0.2, 0.25) is 11.8 Å². The quantitative estimate of drug-likeness (QED) is 0.197. The minimum atomic E-state index is -0.201. The average molecular weight is 463 g/mol. The Morgan fingerprint density at radius 1 is 0.939 bits per heavy atom. The van der Waals surface area contributed by atoms with Gasteiger partial charge in [0, 0.05) is 32.1 Å². The number of allylic oxidation sites excluding steroid dienone is 4. The Labute approximate surface area is 203 Å². The zero-order chi connectivity index (χ0) is 24.2. The molecule has 0 bridgehead atoms. The second-order valence-corrected chi connectivity index (χ2v) is 9.54. The highest BCUT2D eigenvalue weighted by Gasteiger charge is 2.29. The van der Waals surface area contributed by atoms with Gasteiger partial charge in [-0.2, -0.15) is 0 Å². The summed E-state index contributed by atoms with van der Waals surface area (Å²) in [5.74, 6) is 0.142. The van der Waals surface area contributed by atoms with Crippen molar-refractivity contribution in [3.05, 3.63) is 24.3 Å². The molecule has 33 heavy (non-hydrogen) atoms. The van der Waals surface area contributed by atoms with E-state index < -0.39 is 0 Å². The van der Waals surface area contributed by atoms with Gasteiger partial charge in [0.05, 0.1) is 6.04 Å². The smallest absolute Gasteiger partial charge is 0.237 e. The molecule has 3 N–H and O–H groups in total. The third-order valence-electron chi connectivity index (χ3n) is 6.03. The first-order chi connectivity index (χ1) is 16.0. The fourth-order valence-electron chi connectivity index (χ4n) is 3.97. The predicted octanol–water partition coefficient (Wildman–Crippen LogP) is 4.32. The fourth-order valence-corrected chi connectivity index (χ4v) is 3.97. The third kappa shape index (κ3) is 16.6. The maximum absolute atomic E-state index is 12.2. The molecule has 0 aromatic heterocycles. The van der Waals surface area contributed by atoms with Crippen LogP contribution in [0.5, 0.6) is 0 Å². The highest BCUT2D eigenvalue weighted by Crippen LogP contribution is 2.10.